The van der Waals surface area contributed by atoms with Crippen molar-refractivity contribution in [3.05, 3.63) is 76.2 Å². The molecule has 1 unspecified atom stereocenters. The van der Waals surface area contributed by atoms with Crippen LogP contribution in [0.5, 0.6) is 0 Å². The van der Waals surface area contributed by atoms with Crippen LogP contribution in [0.4, 0.5) is 10.2 Å². The molecule has 6 nitrogen and oxygen atoms in total. The van der Waals surface area contributed by atoms with E-state index in [0.29, 0.717) is 5.82 Å². The molecule has 0 spiro atoms. The van der Waals surface area contributed by atoms with Gasteiger partial charge in [-0.3, -0.25) is 14.5 Å². The van der Waals surface area contributed by atoms with Gasteiger partial charge in [-0.2, -0.15) is 5.10 Å². The van der Waals surface area contributed by atoms with E-state index < -0.39 is 0 Å². The minimum Gasteiger partial charge on any atom is -0.352 e. The van der Waals surface area contributed by atoms with Gasteiger partial charge in [0, 0.05) is 17.0 Å². The summed E-state index contributed by atoms with van der Waals surface area (Å²) >= 11 is 1.46. The van der Waals surface area contributed by atoms with Gasteiger partial charge in [-0.25, -0.2) is 9.07 Å². The Labute approximate surface area is 221 Å². The molecule has 194 valence electrons. The Morgan fingerprint density at radius 2 is 1.89 bits per heavy atom. The number of nitrogens with one attached hydrogen (secondary N) is 1. The van der Waals surface area contributed by atoms with Crippen molar-refractivity contribution in [1.82, 2.24) is 15.1 Å². The highest BCUT2D eigenvalue weighted by Gasteiger charge is 2.40. The highest BCUT2D eigenvalue weighted by atomic mass is 32.2. The average Bonchev–Trinajstić information content (AvgIpc) is 3.57. The summed E-state index contributed by atoms with van der Waals surface area (Å²) in [7, 11) is 0. The largest absolute Gasteiger partial charge is 0.352 e. The van der Waals surface area contributed by atoms with Crippen molar-refractivity contribution in [2.45, 2.75) is 64.2 Å². The van der Waals surface area contributed by atoms with Crippen LogP contribution in [0.3, 0.4) is 0 Å². The molecular weight excluding hydrogens is 487 g/mol. The van der Waals surface area contributed by atoms with Crippen molar-refractivity contribution in [3.63, 3.8) is 0 Å². The number of rotatable bonds is 5. The fourth-order valence-electron chi connectivity index (χ4n) is 4.78. The number of amides is 2. The number of hydrogen-bond donors (Lipinski definition) is 1. The predicted molar refractivity (Wildman–Crippen MR) is 146 cm³/mol. The molecular formula is C29H33FN4O2S. The summed E-state index contributed by atoms with van der Waals surface area (Å²) in [4.78, 5) is 28.3. The molecule has 1 aromatic heterocycles. The molecule has 5 rings (SSSR count). The topological polar surface area (TPSA) is 67.2 Å². The van der Waals surface area contributed by atoms with Gasteiger partial charge in [0.05, 0.1) is 22.4 Å². The molecule has 1 fully saturated rings. The Hall–Kier alpha value is -3.13. The van der Waals surface area contributed by atoms with Crippen LogP contribution >= 0.6 is 11.8 Å². The van der Waals surface area contributed by atoms with Crippen LogP contribution in [0.25, 0.3) is 5.69 Å². The van der Waals surface area contributed by atoms with E-state index in [0.717, 1.165) is 46.5 Å². The van der Waals surface area contributed by atoms with E-state index in [1.54, 1.807) is 11.0 Å². The fraction of sp³-hybridized carbons (Fsp3) is 0.414. The van der Waals surface area contributed by atoms with Gasteiger partial charge < -0.3 is 5.32 Å². The van der Waals surface area contributed by atoms with E-state index in [-0.39, 0.29) is 46.6 Å². The summed E-state index contributed by atoms with van der Waals surface area (Å²) in [5, 5.41) is 7.83. The van der Waals surface area contributed by atoms with Crippen LogP contribution in [0.2, 0.25) is 0 Å². The van der Waals surface area contributed by atoms with E-state index in [4.69, 9.17) is 5.10 Å². The van der Waals surface area contributed by atoms with Gasteiger partial charge in [-0.05, 0) is 61.6 Å². The molecule has 2 aromatic carbocycles. The summed E-state index contributed by atoms with van der Waals surface area (Å²) in [6.07, 6.45) is 1.94. The lowest BCUT2D eigenvalue weighted by Gasteiger charge is -2.25. The molecule has 0 bridgehead atoms. The van der Waals surface area contributed by atoms with Gasteiger partial charge in [-0.1, -0.05) is 45.0 Å². The van der Waals surface area contributed by atoms with Crippen LogP contribution in [0, 0.1) is 19.7 Å². The van der Waals surface area contributed by atoms with Crippen molar-refractivity contribution < 1.29 is 14.0 Å². The van der Waals surface area contributed by atoms with Crippen molar-refractivity contribution >= 4 is 29.4 Å². The van der Waals surface area contributed by atoms with Gasteiger partial charge in [-0.15, -0.1) is 11.8 Å². The highest BCUT2D eigenvalue weighted by Crippen LogP contribution is 2.48. The van der Waals surface area contributed by atoms with Crippen LogP contribution in [0.1, 0.15) is 66.8 Å². The van der Waals surface area contributed by atoms with E-state index in [2.05, 4.69) is 26.1 Å². The van der Waals surface area contributed by atoms with Crippen molar-refractivity contribution in [3.8, 4) is 5.69 Å². The molecule has 2 heterocycles. The molecule has 2 aliphatic rings. The lowest BCUT2D eigenvalue weighted by Crippen LogP contribution is -2.43. The van der Waals surface area contributed by atoms with Gasteiger partial charge in [0.15, 0.2) is 0 Å². The third kappa shape index (κ3) is 5.04. The van der Waals surface area contributed by atoms with Gasteiger partial charge in [0.1, 0.15) is 18.2 Å². The normalized spacial score (nSPS) is 17.9. The zero-order chi connectivity index (χ0) is 26.5. The van der Waals surface area contributed by atoms with Crippen molar-refractivity contribution in [1.29, 1.82) is 0 Å². The molecule has 8 heteroatoms. The highest BCUT2D eigenvalue weighted by molar-refractivity contribution is 8.00. The molecule has 0 saturated heterocycles. The number of aryl methyl sites for hydroxylation is 1. The zero-order valence-corrected chi connectivity index (χ0v) is 22.8. The van der Waals surface area contributed by atoms with Crippen LogP contribution < -0.4 is 10.2 Å². The number of fused-ring (bicyclic) bond motifs is 1. The van der Waals surface area contributed by atoms with Crippen LogP contribution in [-0.4, -0.2) is 39.9 Å². The first-order valence-corrected chi connectivity index (χ1v) is 13.8. The standard InChI is InChI=1S/C29H33FN4O2S/c1-17-8-6-11-22(18(17)2)34-28-25(27(32-34)29(3,4)5)26(19-9-7-10-20(30)14-19)37-16-24(36)33(28)15-23(35)31-21-12-13-21/h6-11,14,21,26H,12-13,15-16H2,1-5H3,(H,31,35). The molecule has 0 radical (unpaired) electrons. The summed E-state index contributed by atoms with van der Waals surface area (Å²) < 4.78 is 16.2. The Balaban J connectivity index is 1.78. The molecule has 2 amide bonds. The quantitative estimate of drug-likeness (QED) is 0.491. The average molecular weight is 521 g/mol. The zero-order valence-electron chi connectivity index (χ0n) is 22.0. The number of halogens is 1. The van der Waals surface area contributed by atoms with Gasteiger partial charge in [0.2, 0.25) is 11.8 Å². The van der Waals surface area contributed by atoms with Crippen molar-refractivity contribution in [2.24, 2.45) is 0 Å². The number of carbonyl (C=O) groups is 2. The molecule has 1 aliphatic heterocycles. The van der Waals surface area contributed by atoms with E-state index in [1.165, 1.54) is 23.9 Å². The minimum absolute atomic E-state index is 0.0844. The number of hydrogen-bond acceptors (Lipinski definition) is 4. The number of thioether (sulfide) groups is 1. The van der Waals surface area contributed by atoms with E-state index in [1.807, 2.05) is 42.8 Å². The number of anilines is 1. The Morgan fingerprint density at radius 3 is 2.57 bits per heavy atom. The molecule has 1 aliphatic carbocycles. The second kappa shape index (κ2) is 9.63. The molecule has 1 saturated carbocycles. The first kappa shape index (κ1) is 25.5. The summed E-state index contributed by atoms with van der Waals surface area (Å²) in [5.41, 5.74) is 5.09. The fourth-order valence-corrected chi connectivity index (χ4v) is 5.97. The number of aromatic nitrogens is 2. The van der Waals surface area contributed by atoms with E-state index >= 15 is 0 Å². The second-order valence-corrected chi connectivity index (χ2v) is 12.1. The monoisotopic (exact) mass is 520 g/mol. The lowest BCUT2D eigenvalue weighted by molar-refractivity contribution is -0.123. The van der Waals surface area contributed by atoms with Crippen LogP contribution in [-0.2, 0) is 15.0 Å². The maximum Gasteiger partial charge on any atom is 0.240 e. The van der Waals surface area contributed by atoms with Gasteiger partial charge >= 0.3 is 0 Å². The number of benzene rings is 2. The predicted octanol–water partition coefficient (Wildman–Crippen LogP) is 5.37. The molecule has 37 heavy (non-hydrogen) atoms. The first-order valence-electron chi connectivity index (χ1n) is 12.7. The lowest BCUT2D eigenvalue weighted by atomic mass is 9.87. The van der Waals surface area contributed by atoms with Crippen LogP contribution in [0.15, 0.2) is 42.5 Å². The minimum atomic E-state index is -0.367. The third-order valence-corrected chi connectivity index (χ3v) is 8.25. The number of carbonyl (C=O) groups excluding carboxylic acids is 2. The first-order chi connectivity index (χ1) is 17.5. The molecule has 1 N–H and O–H groups in total. The maximum absolute atomic E-state index is 14.4. The SMILES string of the molecule is Cc1cccc(-n2nc(C(C)(C)C)c3c2N(CC(=O)NC2CC2)C(=O)CSC3c2cccc(F)c2)c1C. The Kier molecular flexibility index (Phi) is 6.64. The third-order valence-electron chi connectivity index (χ3n) is 7.00. The number of nitrogens with zero attached hydrogens (tertiary/aromatic N) is 3. The van der Waals surface area contributed by atoms with Gasteiger partial charge in [0.25, 0.3) is 0 Å². The van der Waals surface area contributed by atoms with Crippen molar-refractivity contribution in [2.75, 3.05) is 17.2 Å². The summed E-state index contributed by atoms with van der Waals surface area (Å²) in [6, 6.07) is 12.8. The Morgan fingerprint density at radius 1 is 1.16 bits per heavy atom. The Bertz CT molecular complexity index is 1370. The maximum atomic E-state index is 14.4. The smallest absolute Gasteiger partial charge is 0.240 e. The second-order valence-electron chi connectivity index (χ2n) is 11.0. The van der Waals surface area contributed by atoms with E-state index in [9.17, 15) is 14.0 Å². The molecule has 3 aromatic rings. The summed E-state index contributed by atoms with van der Waals surface area (Å²) in [5.74, 6) is 0.0946. The molecule has 1 atom stereocenters. The summed E-state index contributed by atoms with van der Waals surface area (Å²) in [6.45, 7) is 10.3.